The van der Waals surface area contributed by atoms with Crippen LogP contribution in [-0.4, -0.2) is 87.6 Å². The number of unbranched alkanes of at least 4 members (excludes halogenated alkanes) is 1. The minimum absolute atomic E-state index is 0.0236. The lowest BCUT2D eigenvalue weighted by molar-refractivity contribution is -0.144. The van der Waals surface area contributed by atoms with Crippen LogP contribution in [0.15, 0.2) is 0 Å². The molecule has 0 fully saturated rings. The van der Waals surface area contributed by atoms with Gasteiger partial charge in [0.15, 0.2) is 0 Å². The molecule has 4 atom stereocenters. The van der Waals surface area contributed by atoms with E-state index in [-0.39, 0.29) is 13.0 Å². The van der Waals surface area contributed by atoms with Gasteiger partial charge in [-0.2, -0.15) is 0 Å². The lowest BCUT2D eigenvalue weighted by Crippen LogP contribution is -2.57. The van der Waals surface area contributed by atoms with E-state index in [4.69, 9.17) is 27.4 Å². The third kappa shape index (κ3) is 13.5. The first kappa shape index (κ1) is 31.2. The molecule has 0 saturated heterocycles. The van der Waals surface area contributed by atoms with E-state index < -0.39 is 91.4 Å². The Kier molecular flexibility index (Phi) is 14.2. The number of aliphatic carboxylic acids is 3. The molecule has 198 valence electrons. The second-order valence-electron chi connectivity index (χ2n) is 7.61. The van der Waals surface area contributed by atoms with Gasteiger partial charge >= 0.3 is 17.9 Å². The Morgan fingerprint density at radius 2 is 1.23 bits per heavy atom. The molecule has 4 amide bonds. The summed E-state index contributed by atoms with van der Waals surface area (Å²) >= 11 is 0. The van der Waals surface area contributed by atoms with Crippen LogP contribution in [0.4, 0.5) is 0 Å². The highest BCUT2D eigenvalue weighted by molar-refractivity contribution is 5.96. The number of nitrogens with two attached hydrogens (primary N) is 3. The molecule has 0 radical (unpaired) electrons. The number of carboxylic acids is 3. The maximum Gasteiger partial charge on any atom is 0.326 e. The minimum atomic E-state index is -1.75. The van der Waals surface area contributed by atoms with Crippen molar-refractivity contribution < 1.29 is 48.9 Å². The molecule has 0 heterocycles. The van der Waals surface area contributed by atoms with Gasteiger partial charge in [0.1, 0.15) is 18.1 Å². The standard InChI is InChI=1S/C19H32N6O10/c20-6-2-1-3-10(23-16(31)9(21)7-13(22)26)17(32)25-12(8-15(29)30)18(33)24-11(19(34)35)4-5-14(27)28/h9-12H,1-8,20-21H2,(H2,22,26)(H,23,31)(H,24,33)(H,25,32)(H,27,28)(H,29,30)(H,34,35). The van der Waals surface area contributed by atoms with Crippen LogP contribution in [0.5, 0.6) is 0 Å². The predicted octanol–water partition coefficient (Wildman–Crippen LogP) is -3.80. The highest BCUT2D eigenvalue weighted by atomic mass is 16.4. The summed E-state index contributed by atoms with van der Waals surface area (Å²) in [4.78, 5) is 81.8. The highest BCUT2D eigenvalue weighted by Crippen LogP contribution is 2.05. The number of hydrogen-bond acceptors (Lipinski definition) is 9. The molecule has 0 aromatic carbocycles. The molecule has 16 nitrogen and oxygen atoms in total. The van der Waals surface area contributed by atoms with Crippen molar-refractivity contribution in [2.24, 2.45) is 17.2 Å². The first-order chi connectivity index (χ1) is 16.3. The molecule has 35 heavy (non-hydrogen) atoms. The fourth-order valence-corrected chi connectivity index (χ4v) is 2.80. The topological polar surface area (TPSA) is 294 Å². The van der Waals surface area contributed by atoms with E-state index in [1.54, 1.807) is 0 Å². The summed E-state index contributed by atoms with van der Waals surface area (Å²) in [6, 6.07) is -6.06. The Hall–Kier alpha value is -3.79. The molecule has 0 aliphatic heterocycles. The largest absolute Gasteiger partial charge is 0.481 e. The molecule has 0 aromatic heterocycles. The Labute approximate surface area is 199 Å². The van der Waals surface area contributed by atoms with Gasteiger partial charge in [-0.3, -0.25) is 28.8 Å². The van der Waals surface area contributed by atoms with Crippen LogP contribution in [0, 0.1) is 0 Å². The molecule has 0 bridgehead atoms. The first-order valence-corrected chi connectivity index (χ1v) is 10.6. The fraction of sp³-hybridized carbons (Fsp3) is 0.632. The number of primary amides is 1. The van der Waals surface area contributed by atoms with Gasteiger partial charge in [-0.05, 0) is 32.2 Å². The number of carbonyl (C=O) groups is 7. The molecule has 16 heteroatoms. The maximum atomic E-state index is 12.8. The summed E-state index contributed by atoms with van der Waals surface area (Å²) in [5, 5.41) is 33.5. The lowest BCUT2D eigenvalue weighted by atomic mass is 10.1. The molecular weight excluding hydrogens is 472 g/mol. The van der Waals surface area contributed by atoms with Crippen LogP contribution in [0.25, 0.3) is 0 Å². The molecule has 0 spiro atoms. The van der Waals surface area contributed by atoms with E-state index in [0.29, 0.717) is 12.8 Å². The van der Waals surface area contributed by atoms with Crippen LogP contribution >= 0.6 is 0 Å². The lowest BCUT2D eigenvalue weighted by Gasteiger charge is -2.24. The summed E-state index contributed by atoms with van der Waals surface area (Å²) in [5.41, 5.74) is 16.0. The van der Waals surface area contributed by atoms with E-state index in [0.717, 1.165) is 0 Å². The van der Waals surface area contributed by atoms with Crippen molar-refractivity contribution in [3.05, 3.63) is 0 Å². The smallest absolute Gasteiger partial charge is 0.326 e. The van der Waals surface area contributed by atoms with Crippen molar-refractivity contribution in [2.75, 3.05) is 6.54 Å². The van der Waals surface area contributed by atoms with Crippen molar-refractivity contribution >= 4 is 41.5 Å². The van der Waals surface area contributed by atoms with Gasteiger partial charge in [-0.1, -0.05) is 0 Å². The second kappa shape index (κ2) is 15.9. The van der Waals surface area contributed by atoms with Crippen LogP contribution in [-0.2, 0) is 33.6 Å². The summed E-state index contributed by atoms with van der Waals surface area (Å²) in [5.74, 6) is -8.28. The summed E-state index contributed by atoms with van der Waals surface area (Å²) in [6.45, 7) is 0.278. The van der Waals surface area contributed by atoms with Crippen molar-refractivity contribution in [3.8, 4) is 0 Å². The zero-order valence-electron chi connectivity index (χ0n) is 18.9. The second-order valence-corrected chi connectivity index (χ2v) is 7.61. The quantitative estimate of drug-likeness (QED) is 0.0812. The third-order valence-electron chi connectivity index (χ3n) is 4.61. The van der Waals surface area contributed by atoms with Crippen molar-refractivity contribution in [1.82, 2.24) is 16.0 Å². The van der Waals surface area contributed by atoms with Crippen LogP contribution in [0.2, 0.25) is 0 Å². The number of amides is 4. The molecule has 0 rings (SSSR count). The normalized spacial score (nSPS) is 14.0. The van der Waals surface area contributed by atoms with Crippen molar-refractivity contribution in [3.63, 3.8) is 0 Å². The Morgan fingerprint density at radius 1 is 0.686 bits per heavy atom. The van der Waals surface area contributed by atoms with Crippen LogP contribution < -0.4 is 33.2 Å². The number of carbonyl (C=O) groups excluding carboxylic acids is 4. The van der Waals surface area contributed by atoms with Crippen molar-refractivity contribution in [2.45, 2.75) is 69.1 Å². The highest BCUT2D eigenvalue weighted by Gasteiger charge is 2.31. The summed E-state index contributed by atoms with van der Waals surface area (Å²) in [7, 11) is 0. The van der Waals surface area contributed by atoms with E-state index >= 15 is 0 Å². The van der Waals surface area contributed by atoms with Gasteiger partial charge in [0.25, 0.3) is 0 Å². The van der Waals surface area contributed by atoms with Crippen LogP contribution in [0.3, 0.4) is 0 Å². The molecule has 0 saturated carbocycles. The molecule has 0 aromatic rings. The Balaban J connectivity index is 5.54. The summed E-state index contributed by atoms with van der Waals surface area (Å²) < 4.78 is 0. The number of rotatable bonds is 18. The maximum absolute atomic E-state index is 12.8. The van der Waals surface area contributed by atoms with Gasteiger partial charge in [0, 0.05) is 6.42 Å². The molecule has 4 unspecified atom stereocenters. The zero-order chi connectivity index (χ0) is 27.1. The van der Waals surface area contributed by atoms with Gasteiger partial charge in [-0.15, -0.1) is 0 Å². The van der Waals surface area contributed by atoms with E-state index in [2.05, 4.69) is 10.6 Å². The molecule has 0 aliphatic carbocycles. The van der Waals surface area contributed by atoms with Gasteiger partial charge in [-0.25, -0.2) is 4.79 Å². The minimum Gasteiger partial charge on any atom is -0.481 e. The molecule has 0 aliphatic rings. The van der Waals surface area contributed by atoms with Crippen molar-refractivity contribution in [1.29, 1.82) is 0 Å². The van der Waals surface area contributed by atoms with Gasteiger partial charge in [0.2, 0.25) is 23.6 Å². The average molecular weight is 504 g/mol. The van der Waals surface area contributed by atoms with Gasteiger partial charge in [0.05, 0.1) is 18.9 Å². The molecule has 12 N–H and O–H groups in total. The Morgan fingerprint density at radius 3 is 1.71 bits per heavy atom. The SMILES string of the molecule is NCCCCC(NC(=O)C(N)CC(N)=O)C(=O)NC(CC(=O)O)C(=O)NC(CCC(=O)O)C(=O)O. The number of nitrogens with one attached hydrogen (secondary N) is 3. The fourth-order valence-electron chi connectivity index (χ4n) is 2.80. The summed E-state index contributed by atoms with van der Waals surface area (Å²) in [6.07, 6.45) is -1.67. The number of carboxylic acid groups (broad SMARTS) is 3. The molecular formula is C19H32N6O10. The van der Waals surface area contributed by atoms with E-state index in [1.807, 2.05) is 5.32 Å². The Bertz CT molecular complexity index is 805. The zero-order valence-corrected chi connectivity index (χ0v) is 18.9. The monoisotopic (exact) mass is 504 g/mol. The van der Waals surface area contributed by atoms with E-state index in [9.17, 15) is 38.7 Å². The third-order valence-corrected chi connectivity index (χ3v) is 4.61. The predicted molar refractivity (Wildman–Crippen MR) is 117 cm³/mol. The van der Waals surface area contributed by atoms with Crippen LogP contribution in [0.1, 0.15) is 44.9 Å². The first-order valence-electron chi connectivity index (χ1n) is 10.6. The number of hydrogen-bond donors (Lipinski definition) is 9. The average Bonchev–Trinajstić information content (AvgIpc) is 2.73. The van der Waals surface area contributed by atoms with Gasteiger partial charge < -0.3 is 48.5 Å². The van der Waals surface area contributed by atoms with E-state index in [1.165, 1.54) is 0 Å².